The quantitative estimate of drug-likeness (QED) is 0.533. The van der Waals surface area contributed by atoms with Crippen molar-refractivity contribution >= 4 is 17.7 Å². The van der Waals surface area contributed by atoms with Gasteiger partial charge in [-0.15, -0.1) is 0 Å². The molecular formula is C20H39N3O4. The van der Waals surface area contributed by atoms with Crippen molar-refractivity contribution in [2.45, 2.75) is 84.8 Å². The van der Waals surface area contributed by atoms with E-state index in [0.717, 1.165) is 13.0 Å². The lowest BCUT2D eigenvalue weighted by molar-refractivity contribution is -0.138. The van der Waals surface area contributed by atoms with Gasteiger partial charge in [-0.05, 0) is 54.1 Å². The summed E-state index contributed by atoms with van der Waals surface area (Å²) in [5.41, 5.74) is -0.616. The average Bonchev–Trinajstić information content (AvgIpc) is 2.90. The second kappa shape index (κ2) is 12.1. The summed E-state index contributed by atoms with van der Waals surface area (Å²) in [6.07, 6.45) is 2.24. The van der Waals surface area contributed by atoms with Crippen LogP contribution in [0, 0.1) is 0 Å². The Balaban J connectivity index is 0.00000326. The third kappa shape index (κ3) is 10.4. The Hall–Kier alpha value is -1.47. The van der Waals surface area contributed by atoms with Gasteiger partial charge in [-0.3, -0.25) is 19.3 Å². The fraction of sp³-hybridized carbons (Fsp3) is 0.850. The zero-order valence-corrected chi connectivity index (χ0v) is 18.2. The summed E-state index contributed by atoms with van der Waals surface area (Å²) in [6, 6.07) is 0. The Morgan fingerprint density at radius 3 is 2.15 bits per heavy atom. The van der Waals surface area contributed by atoms with E-state index in [1.807, 2.05) is 34.7 Å². The summed E-state index contributed by atoms with van der Waals surface area (Å²) >= 11 is 0. The van der Waals surface area contributed by atoms with E-state index < -0.39 is 5.54 Å². The number of nitrogens with zero attached hydrogens (tertiary/aromatic N) is 1. The summed E-state index contributed by atoms with van der Waals surface area (Å²) in [4.78, 5) is 36.4. The molecule has 1 aliphatic heterocycles. The zero-order chi connectivity index (χ0) is 21.1. The maximum atomic E-state index is 12.1. The van der Waals surface area contributed by atoms with Crippen LogP contribution in [0.3, 0.4) is 0 Å². The molecule has 7 heteroatoms. The van der Waals surface area contributed by atoms with Crippen LogP contribution in [-0.2, 0) is 19.1 Å². The maximum Gasteiger partial charge on any atom is 0.229 e. The zero-order valence-electron chi connectivity index (χ0n) is 18.2. The molecule has 0 atom stereocenters. The lowest BCUT2D eigenvalue weighted by Crippen LogP contribution is -2.46. The number of hydrogen-bond donors (Lipinski definition) is 2. The monoisotopic (exact) mass is 385 g/mol. The van der Waals surface area contributed by atoms with Gasteiger partial charge < -0.3 is 15.4 Å². The average molecular weight is 386 g/mol. The van der Waals surface area contributed by atoms with Gasteiger partial charge >= 0.3 is 0 Å². The van der Waals surface area contributed by atoms with Gasteiger partial charge in [0, 0.05) is 38.0 Å². The van der Waals surface area contributed by atoms with Crippen LogP contribution < -0.4 is 10.6 Å². The first-order valence-electron chi connectivity index (χ1n) is 9.99. The minimum Gasteiger partial charge on any atom is -0.375 e. The number of rotatable bonds is 11. The van der Waals surface area contributed by atoms with Crippen LogP contribution in [0.2, 0.25) is 0 Å². The molecule has 1 rings (SSSR count). The smallest absolute Gasteiger partial charge is 0.229 e. The van der Waals surface area contributed by atoms with Gasteiger partial charge in [0.1, 0.15) is 0 Å². The van der Waals surface area contributed by atoms with Gasteiger partial charge in [-0.1, -0.05) is 13.8 Å². The topological polar surface area (TPSA) is 87.7 Å². The second-order valence-corrected chi connectivity index (χ2v) is 7.83. The Morgan fingerprint density at radius 2 is 1.63 bits per heavy atom. The molecule has 0 radical (unpaired) electrons. The first kappa shape index (κ1) is 25.5. The van der Waals surface area contributed by atoms with Crippen LogP contribution in [0.4, 0.5) is 0 Å². The van der Waals surface area contributed by atoms with E-state index in [4.69, 9.17) is 4.74 Å². The van der Waals surface area contributed by atoms with Crippen LogP contribution in [0.1, 0.15) is 73.6 Å². The number of carbonyl (C=O) groups excluding carboxylic acids is 3. The number of amides is 3. The first-order valence-corrected chi connectivity index (χ1v) is 9.99. The van der Waals surface area contributed by atoms with Gasteiger partial charge in [-0.2, -0.15) is 0 Å². The molecule has 158 valence electrons. The Kier molecular flexibility index (Phi) is 11.4. The number of likely N-dealkylation sites (tertiary alicyclic amines) is 1. The van der Waals surface area contributed by atoms with Crippen molar-refractivity contribution in [2.24, 2.45) is 0 Å². The van der Waals surface area contributed by atoms with Gasteiger partial charge in [0.2, 0.25) is 17.7 Å². The lowest BCUT2D eigenvalue weighted by atomic mass is 10.00. The van der Waals surface area contributed by atoms with Crippen molar-refractivity contribution < 1.29 is 19.1 Å². The van der Waals surface area contributed by atoms with Crippen LogP contribution in [0.5, 0.6) is 0 Å². The van der Waals surface area contributed by atoms with E-state index >= 15 is 0 Å². The van der Waals surface area contributed by atoms with Gasteiger partial charge in [0.15, 0.2) is 0 Å². The van der Waals surface area contributed by atoms with Crippen LogP contribution >= 0.6 is 0 Å². The van der Waals surface area contributed by atoms with Gasteiger partial charge in [-0.25, -0.2) is 0 Å². The number of ether oxygens (including phenoxy) is 1. The highest BCUT2D eigenvalue weighted by Gasteiger charge is 2.29. The molecule has 1 fully saturated rings. The summed E-state index contributed by atoms with van der Waals surface area (Å²) in [5.74, 6) is -0.532. The van der Waals surface area contributed by atoms with E-state index in [9.17, 15) is 14.4 Å². The molecule has 0 aliphatic carbocycles. The molecule has 1 saturated heterocycles. The predicted molar refractivity (Wildman–Crippen MR) is 107 cm³/mol. The van der Waals surface area contributed by atoms with Crippen LogP contribution in [0.15, 0.2) is 0 Å². The van der Waals surface area contributed by atoms with E-state index in [0.29, 0.717) is 13.0 Å². The van der Waals surface area contributed by atoms with Crippen molar-refractivity contribution in [1.82, 2.24) is 15.5 Å². The van der Waals surface area contributed by atoms with Crippen LogP contribution in [0.25, 0.3) is 0 Å². The van der Waals surface area contributed by atoms with Crippen molar-refractivity contribution in [3.05, 3.63) is 0 Å². The first-order chi connectivity index (χ1) is 12.6. The Bertz CT molecular complexity index is 474. The molecule has 0 saturated carbocycles. The molecule has 1 aliphatic rings. The third-order valence-electron chi connectivity index (χ3n) is 4.39. The molecule has 0 spiro atoms. The van der Waals surface area contributed by atoms with E-state index in [1.165, 1.54) is 4.90 Å². The molecule has 0 aromatic carbocycles. The molecule has 1 heterocycles. The molecule has 0 aromatic rings. The SMILES string of the molecule is CC.CNCCC(C)(C)OCCC(C)(C)NC(=O)CCN1C(=O)CCC1=O. The minimum absolute atomic E-state index is 0.134. The highest BCUT2D eigenvalue weighted by molar-refractivity contribution is 6.02. The Morgan fingerprint density at radius 1 is 1.07 bits per heavy atom. The maximum absolute atomic E-state index is 12.1. The highest BCUT2D eigenvalue weighted by Crippen LogP contribution is 2.17. The summed E-state index contributed by atoms with van der Waals surface area (Å²) < 4.78 is 5.93. The van der Waals surface area contributed by atoms with Gasteiger partial charge in [0.05, 0.1) is 5.60 Å². The number of hydrogen-bond acceptors (Lipinski definition) is 5. The largest absolute Gasteiger partial charge is 0.375 e. The predicted octanol–water partition coefficient (Wildman–Crippen LogP) is 2.24. The molecular weight excluding hydrogens is 346 g/mol. The van der Waals surface area contributed by atoms with E-state index in [2.05, 4.69) is 24.5 Å². The van der Waals surface area contributed by atoms with Crippen molar-refractivity contribution in [3.8, 4) is 0 Å². The van der Waals surface area contributed by atoms with E-state index in [1.54, 1.807) is 0 Å². The van der Waals surface area contributed by atoms with Crippen LogP contribution in [-0.4, -0.2) is 60.5 Å². The number of nitrogens with one attached hydrogen (secondary N) is 2. The van der Waals surface area contributed by atoms with Crippen molar-refractivity contribution in [1.29, 1.82) is 0 Å². The molecule has 27 heavy (non-hydrogen) atoms. The standard InChI is InChI=1S/C18H33N3O4.C2H6/c1-17(2,10-13-25-18(3,4)9-11-19-5)20-14(22)8-12-21-15(23)6-7-16(21)24;1-2/h19H,6-13H2,1-5H3,(H,20,22);1-2H3. The minimum atomic E-state index is -0.408. The fourth-order valence-corrected chi connectivity index (χ4v) is 2.67. The van der Waals surface area contributed by atoms with Gasteiger partial charge in [0.25, 0.3) is 0 Å². The number of carbonyl (C=O) groups is 3. The molecule has 2 N–H and O–H groups in total. The van der Waals surface area contributed by atoms with Crippen molar-refractivity contribution in [2.75, 3.05) is 26.7 Å². The molecule has 7 nitrogen and oxygen atoms in total. The molecule has 3 amide bonds. The summed E-state index contributed by atoms with van der Waals surface area (Å²) in [6.45, 7) is 13.6. The summed E-state index contributed by atoms with van der Waals surface area (Å²) in [7, 11) is 1.91. The summed E-state index contributed by atoms with van der Waals surface area (Å²) in [5, 5.41) is 6.07. The Labute approximate surface area is 164 Å². The molecule has 0 bridgehead atoms. The second-order valence-electron chi connectivity index (χ2n) is 7.83. The normalized spacial score (nSPS) is 14.9. The number of imide groups is 1. The van der Waals surface area contributed by atoms with E-state index in [-0.39, 0.29) is 49.1 Å². The molecule has 0 aromatic heterocycles. The highest BCUT2D eigenvalue weighted by atomic mass is 16.5. The third-order valence-corrected chi connectivity index (χ3v) is 4.39. The van der Waals surface area contributed by atoms with Crippen molar-refractivity contribution in [3.63, 3.8) is 0 Å². The molecule has 0 unspecified atom stereocenters. The lowest BCUT2D eigenvalue weighted by Gasteiger charge is -2.30. The fourth-order valence-electron chi connectivity index (χ4n) is 2.67.